The Morgan fingerprint density at radius 3 is 2.52 bits per heavy atom. The lowest BCUT2D eigenvalue weighted by atomic mass is 9.94. The molecule has 2 unspecified atom stereocenters. The van der Waals surface area contributed by atoms with Crippen LogP contribution in [0.1, 0.15) is 69.9 Å². The number of nitrogens with one attached hydrogen (secondary N) is 2. The Morgan fingerprint density at radius 2 is 1.88 bits per heavy atom. The van der Waals surface area contributed by atoms with Gasteiger partial charge in [0.05, 0.1) is 18.8 Å². The van der Waals surface area contributed by atoms with Crippen molar-refractivity contribution in [2.75, 3.05) is 39.9 Å². The number of guanidine groups is 1. The van der Waals surface area contributed by atoms with Crippen LogP contribution < -0.4 is 10.6 Å². The van der Waals surface area contributed by atoms with E-state index in [0.29, 0.717) is 18.2 Å². The Hall–Kier alpha value is -0.900. The van der Waals surface area contributed by atoms with Gasteiger partial charge in [-0.05, 0) is 51.0 Å². The van der Waals surface area contributed by atoms with Gasteiger partial charge in [-0.3, -0.25) is 4.99 Å². The Morgan fingerprint density at radius 1 is 1.15 bits per heavy atom. The average molecular weight is 571 g/mol. The Labute approximate surface area is 217 Å². The highest BCUT2D eigenvalue weighted by Gasteiger charge is 2.35. The molecule has 0 aromatic heterocycles. The lowest BCUT2D eigenvalue weighted by Gasteiger charge is -2.38. The second-order valence-corrected chi connectivity index (χ2v) is 9.82. The summed E-state index contributed by atoms with van der Waals surface area (Å²) >= 11 is 0. The van der Waals surface area contributed by atoms with E-state index in [1.54, 1.807) is 0 Å². The minimum atomic E-state index is 0. The van der Waals surface area contributed by atoms with E-state index in [9.17, 15) is 0 Å². The van der Waals surface area contributed by atoms with Gasteiger partial charge in [0.25, 0.3) is 0 Å². The summed E-state index contributed by atoms with van der Waals surface area (Å²) in [4.78, 5) is 7.02. The summed E-state index contributed by atoms with van der Waals surface area (Å²) in [6.07, 6.45) is 10.1. The maximum absolute atomic E-state index is 6.15. The summed E-state index contributed by atoms with van der Waals surface area (Å²) in [6.45, 7) is 6.85. The molecule has 3 aliphatic rings. The van der Waals surface area contributed by atoms with Crippen molar-refractivity contribution in [3.8, 4) is 0 Å². The molecule has 7 heteroatoms. The second kappa shape index (κ2) is 13.3. The number of rotatable bonds is 8. The molecular formula is C26H43IN4O2. The van der Waals surface area contributed by atoms with E-state index in [4.69, 9.17) is 9.47 Å². The fourth-order valence-electron chi connectivity index (χ4n) is 5.54. The molecule has 1 saturated carbocycles. The van der Waals surface area contributed by atoms with Crippen molar-refractivity contribution in [2.24, 2.45) is 4.99 Å². The molecule has 3 fully saturated rings. The number of likely N-dealkylation sites (tertiary alicyclic amines) is 1. The molecule has 1 aliphatic carbocycles. The van der Waals surface area contributed by atoms with Gasteiger partial charge in [0.2, 0.25) is 0 Å². The van der Waals surface area contributed by atoms with Gasteiger partial charge in [-0.25, -0.2) is 0 Å². The Bertz CT molecular complexity index is 712. The van der Waals surface area contributed by atoms with E-state index in [1.807, 2.05) is 7.05 Å². The summed E-state index contributed by atoms with van der Waals surface area (Å²) in [5, 5.41) is 7.70. The van der Waals surface area contributed by atoms with Crippen LogP contribution in [0.25, 0.3) is 0 Å². The summed E-state index contributed by atoms with van der Waals surface area (Å²) in [6, 6.07) is 11.1. The van der Waals surface area contributed by atoms with Crippen LogP contribution >= 0.6 is 24.0 Å². The number of benzene rings is 1. The van der Waals surface area contributed by atoms with Crippen LogP contribution in [0.3, 0.4) is 0 Å². The van der Waals surface area contributed by atoms with Gasteiger partial charge in [-0.1, -0.05) is 43.2 Å². The molecule has 0 bridgehead atoms. The fourth-order valence-corrected chi connectivity index (χ4v) is 5.54. The molecule has 6 nitrogen and oxygen atoms in total. The number of hydrogen-bond donors (Lipinski definition) is 2. The first-order valence-corrected chi connectivity index (χ1v) is 12.7. The van der Waals surface area contributed by atoms with Crippen LogP contribution in [-0.4, -0.2) is 68.5 Å². The van der Waals surface area contributed by atoms with Crippen LogP contribution in [-0.2, 0) is 9.47 Å². The highest BCUT2D eigenvalue weighted by molar-refractivity contribution is 14.0. The van der Waals surface area contributed by atoms with Crippen LogP contribution in [0.2, 0.25) is 0 Å². The molecule has 2 atom stereocenters. The topological polar surface area (TPSA) is 58.1 Å². The molecule has 186 valence electrons. The van der Waals surface area contributed by atoms with Crippen molar-refractivity contribution in [1.82, 2.24) is 15.5 Å². The van der Waals surface area contributed by atoms with E-state index in [-0.39, 0.29) is 29.5 Å². The van der Waals surface area contributed by atoms with Crippen molar-refractivity contribution >= 4 is 29.9 Å². The molecule has 4 rings (SSSR count). The minimum Gasteiger partial charge on any atom is -0.376 e. The van der Waals surface area contributed by atoms with Gasteiger partial charge >= 0.3 is 0 Å². The van der Waals surface area contributed by atoms with Crippen LogP contribution in [0, 0.1) is 0 Å². The molecule has 0 amide bonds. The van der Waals surface area contributed by atoms with Gasteiger partial charge < -0.3 is 25.0 Å². The molecule has 0 spiro atoms. The number of piperidine rings is 1. The predicted octanol–water partition coefficient (Wildman–Crippen LogP) is 4.50. The molecule has 2 aliphatic heterocycles. The number of aliphatic imine (C=N–C) groups is 1. The first-order chi connectivity index (χ1) is 15.7. The quantitative estimate of drug-likeness (QED) is 0.274. The smallest absolute Gasteiger partial charge is 0.193 e. The number of nitrogens with zero attached hydrogens (tertiary/aromatic N) is 2. The van der Waals surface area contributed by atoms with Crippen molar-refractivity contribution in [1.29, 1.82) is 0 Å². The Kier molecular flexibility index (Phi) is 10.7. The standard InChI is InChI=1S/C26H42N4O2.HI/c1-21(22-9-4-3-5-10-22)29-26(14-6-7-15-26)20-28-25(27-2)30-16-12-23(13-17-30)32-19-24-11-8-18-31-24;/h3-5,9-10,21,23-24,29H,6-8,11-20H2,1-2H3,(H,27,28);1H. The van der Waals surface area contributed by atoms with Gasteiger partial charge in [-0.2, -0.15) is 0 Å². The lowest BCUT2D eigenvalue weighted by Crippen LogP contribution is -2.55. The van der Waals surface area contributed by atoms with Crippen molar-refractivity contribution in [3.05, 3.63) is 35.9 Å². The summed E-state index contributed by atoms with van der Waals surface area (Å²) in [5.41, 5.74) is 1.49. The summed E-state index contributed by atoms with van der Waals surface area (Å²) in [7, 11) is 1.91. The summed E-state index contributed by atoms with van der Waals surface area (Å²) in [5.74, 6) is 1.03. The zero-order valence-corrected chi connectivity index (χ0v) is 22.8. The lowest BCUT2D eigenvalue weighted by molar-refractivity contribution is -0.0367. The minimum absolute atomic E-state index is 0. The summed E-state index contributed by atoms with van der Waals surface area (Å²) < 4.78 is 11.8. The normalized spacial score (nSPS) is 24.5. The molecule has 1 aromatic carbocycles. The second-order valence-electron chi connectivity index (χ2n) is 9.82. The fraction of sp³-hybridized carbons (Fsp3) is 0.731. The van der Waals surface area contributed by atoms with Crippen LogP contribution in [0.15, 0.2) is 35.3 Å². The van der Waals surface area contributed by atoms with Gasteiger partial charge in [0, 0.05) is 44.9 Å². The number of ether oxygens (including phenoxy) is 2. The number of halogens is 1. The third-order valence-corrected chi connectivity index (χ3v) is 7.46. The van der Waals surface area contributed by atoms with Crippen molar-refractivity contribution in [3.63, 3.8) is 0 Å². The monoisotopic (exact) mass is 570 g/mol. The number of hydrogen-bond acceptors (Lipinski definition) is 4. The first-order valence-electron chi connectivity index (χ1n) is 12.7. The van der Waals surface area contributed by atoms with E-state index >= 15 is 0 Å². The molecule has 2 saturated heterocycles. The third-order valence-electron chi connectivity index (χ3n) is 7.46. The maximum atomic E-state index is 6.15. The zero-order valence-electron chi connectivity index (χ0n) is 20.4. The van der Waals surface area contributed by atoms with Gasteiger partial charge in [-0.15, -0.1) is 24.0 Å². The molecule has 0 radical (unpaired) electrons. The average Bonchev–Trinajstić information content (AvgIpc) is 3.52. The van der Waals surface area contributed by atoms with E-state index in [0.717, 1.165) is 58.1 Å². The SMILES string of the molecule is CN=C(NCC1(NC(C)c2ccccc2)CCCC1)N1CCC(OCC2CCCO2)CC1.I. The Balaban J connectivity index is 0.00000306. The van der Waals surface area contributed by atoms with Crippen molar-refractivity contribution in [2.45, 2.75) is 82.1 Å². The molecule has 2 heterocycles. The van der Waals surface area contributed by atoms with Gasteiger partial charge in [0.1, 0.15) is 0 Å². The first kappa shape index (κ1) is 26.7. The van der Waals surface area contributed by atoms with Crippen LogP contribution in [0.5, 0.6) is 0 Å². The molecule has 33 heavy (non-hydrogen) atoms. The van der Waals surface area contributed by atoms with Crippen LogP contribution in [0.4, 0.5) is 0 Å². The highest BCUT2D eigenvalue weighted by atomic mass is 127. The van der Waals surface area contributed by atoms with E-state index in [1.165, 1.54) is 37.7 Å². The highest BCUT2D eigenvalue weighted by Crippen LogP contribution is 2.32. The van der Waals surface area contributed by atoms with E-state index < -0.39 is 0 Å². The maximum Gasteiger partial charge on any atom is 0.193 e. The van der Waals surface area contributed by atoms with E-state index in [2.05, 4.69) is 57.8 Å². The van der Waals surface area contributed by atoms with Crippen molar-refractivity contribution < 1.29 is 9.47 Å². The van der Waals surface area contributed by atoms with Gasteiger partial charge in [0.15, 0.2) is 5.96 Å². The largest absolute Gasteiger partial charge is 0.376 e. The molecular weight excluding hydrogens is 527 g/mol. The predicted molar refractivity (Wildman–Crippen MR) is 145 cm³/mol. The molecule has 2 N–H and O–H groups in total. The third kappa shape index (κ3) is 7.54. The molecule has 1 aromatic rings. The zero-order chi connectivity index (χ0) is 22.2.